The number of anilines is 2. The number of nitrogens with zero attached hydrogens (tertiary/aromatic N) is 3. The smallest absolute Gasteiger partial charge is 0.456 e. The van der Waals surface area contributed by atoms with Gasteiger partial charge in [-0.3, -0.25) is 4.79 Å². The highest BCUT2D eigenvalue weighted by Crippen LogP contribution is 2.58. The maximum absolute atomic E-state index is 14.4. The molecule has 1 amide bonds. The number of carbonyl (C=O) groups is 1. The van der Waals surface area contributed by atoms with Gasteiger partial charge in [0.1, 0.15) is 17.0 Å². The molecule has 46 heavy (non-hydrogen) atoms. The third-order valence-corrected chi connectivity index (χ3v) is 9.55. The maximum Gasteiger partial charge on any atom is 0.488 e. The van der Waals surface area contributed by atoms with Crippen molar-refractivity contribution in [3.63, 3.8) is 0 Å². The van der Waals surface area contributed by atoms with Crippen LogP contribution in [0.4, 0.5) is 11.4 Å². The van der Waals surface area contributed by atoms with Crippen LogP contribution in [0.1, 0.15) is 60.3 Å². The highest BCUT2D eigenvalue weighted by molar-refractivity contribution is 6.59. The molecule has 6 rings (SSSR count). The molecule has 238 valence electrons. The van der Waals surface area contributed by atoms with Crippen LogP contribution in [0.15, 0.2) is 84.9 Å². The summed E-state index contributed by atoms with van der Waals surface area (Å²) in [5.74, 6) is 1.48. The zero-order chi connectivity index (χ0) is 32.4. The number of rotatable bonds is 12. The standard InChI is InChI=1S/C37H43BN4O4/c1-5-40(6-2)27-17-19-31-34(23-27)46-35-24-28(41(7-3)8-4)18-20-32(35)37(31)30-15-11-10-14-29(30)36(43)42(37)22-21-39-25-26-13-9-12-16-33(26)38(44)45/h9-20,23-24,39,44-45H,5-8,21-22,25H2,1-4H3. The minimum absolute atomic E-state index is 0.0250. The van der Waals surface area contributed by atoms with Crippen LogP contribution >= 0.6 is 0 Å². The van der Waals surface area contributed by atoms with Gasteiger partial charge in [-0.25, -0.2) is 0 Å². The van der Waals surface area contributed by atoms with E-state index in [0.717, 1.165) is 71.3 Å². The number of amides is 1. The highest BCUT2D eigenvalue weighted by atomic mass is 16.5. The number of benzene rings is 4. The zero-order valence-corrected chi connectivity index (χ0v) is 27.2. The Kier molecular flexibility index (Phi) is 9.09. The Morgan fingerprint density at radius 3 is 1.91 bits per heavy atom. The van der Waals surface area contributed by atoms with Gasteiger partial charge in [-0.2, -0.15) is 0 Å². The van der Waals surface area contributed by atoms with Gasteiger partial charge in [0, 0.05) is 86.0 Å². The van der Waals surface area contributed by atoms with E-state index in [2.05, 4.69) is 85.3 Å². The second-order valence-electron chi connectivity index (χ2n) is 11.8. The first-order valence-electron chi connectivity index (χ1n) is 16.4. The van der Waals surface area contributed by atoms with Gasteiger partial charge in [0.2, 0.25) is 0 Å². The van der Waals surface area contributed by atoms with Gasteiger partial charge in [0.15, 0.2) is 0 Å². The van der Waals surface area contributed by atoms with Crippen LogP contribution in [0.3, 0.4) is 0 Å². The van der Waals surface area contributed by atoms with Crippen molar-refractivity contribution in [2.24, 2.45) is 0 Å². The largest absolute Gasteiger partial charge is 0.488 e. The summed E-state index contributed by atoms with van der Waals surface area (Å²) in [5, 5.41) is 23.2. The number of hydrogen-bond donors (Lipinski definition) is 3. The van der Waals surface area contributed by atoms with E-state index in [1.165, 1.54) is 0 Å². The summed E-state index contributed by atoms with van der Waals surface area (Å²) in [5.41, 5.74) is 6.07. The van der Waals surface area contributed by atoms with Gasteiger partial charge in [-0.15, -0.1) is 0 Å². The molecule has 0 fully saturated rings. The van der Waals surface area contributed by atoms with Crippen molar-refractivity contribution in [3.8, 4) is 11.5 Å². The molecular weight excluding hydrogens is 575 g/mol. The third kappa shape index (κ3) is 5.22. The van der Waals surface area contributed by atoms with E-state index in [-0.39, 0.29) is 5.91 Å². The molecule has 0 aromatic heterocycles. The summed E-state index contributed by atoms with van der Waals surface area (Å²) in [6.45, 7) is 13.5. The minimum Gasteiger partial charge on any atom is -0.456 e. The van der Waals surface area contributed by atoms with E-state index < -0.39 is 12.7 Å². The summed E-state index contributed by atoms with van der Waals surface area (Å²) in [7, 11) is -1.55. The summed E-state index contributed by atoms with van der Waals surface area (Å²) >= 11 is 0. The minimum atomic E-state index is -1.55. The van der Waals surface area contributed by atoms with Crippen LogP contribution in [0, 0.1) is 0 Å². The van der Waals surface area contributed by atoms with Crippen molar-refractivity contribution in [2.75, 3.05) is 49.1 Å². The Morgan fingerprint density at radius 1 is 0.761 bits per heavy atom. The normalized spacial score (nSPS) is 14.0. The lowest BCUT2D eigenvalue weighted by Gasteiger charge is -2.45. The zero-order valence-electron chi connectivity index (χ0n) is 27.2. The van der Waals surface area contributed by atoms with Crippen molar-refractivity contribution in [2.45, 2.75) is 39.8 Å². The van der Waals surface area contributed by atoms with Gasteiger partial charge in [0.25, 0.3) is 5.91 Å². The van der Waals surface area contributed by atoms with Gasteiger partial charge < -0.3 is 34.8 Å². The Bertz CT molecular complexity index is 1660. The second kappa shape index (κ2) is 13.2. The molecule has 0 radical (unpaired) electrons. The van der Waals surface area contributed by atoms with Gasteiger partial charge in [-0.1, -0.05) is 54.6 Å². The van der Waals surface area contributed by atoms with Crippen molar-refractivity contribution < 1.29 is 19.6 Å². The SMILES string of the molecule is CCN(CC)c1ccc2c(c1)Oc1cc(N(CC)CC)ccc1C21c2ccccc2C(=O)N1CCNCc1ccccc1B(O)O. The Balaban J connectivity index is 1.47. The van der Waals surface area contributed by atoms with Crippen molar-refractivity contribution in [1.82, 2.24) is 10.2 Å². The first-order chi connectivity index (χ1) is 22.4. The topological polar surface area (TPSA) is 88.5 Å². The number of nitrogens with one attached hydrogen (secondary N) is 1. The lowest BCUT2D eigenvalue weighted by atomic mass is 9.74. The summed E-state index contributed by atoms with van der Waals surface area (Å²) in [4.78, 5) is 21.0. The molecule has 4 aromatic rings. The van der Waals surface area contributed by atoms with Gasteiger partial charge >= 0.3 is 7.12 Å². The second-order valence-corrected chi connectivity index (χ2v) is 11.8. The fourth-order valence-electron chi connectivity index (χ4n) is 7.26. The Hall–Kier alpha value is -4.31. The van der Waals surface area contributed by atoms with Crippen molar-refractivity contribution in [3.05, 3.63) is 113 Å². The first kappa shape index (κ1) is 31.7. The molecule has 0 unspecified atom stereocenters. The van der Waals surface area contributed by atoms with E-state index >= 15 is 0 Å². The molecule has 8 nitrogen and oxygen atoms in total. The molecule has 3 N–H and O–H groups in total. The fraction of sp³-hybridized carbons (Fsp3) is 0.324. The number of hydrogen-bond acceptors (Lipinski definition) is 7. The molecule has 9 heteroatoms. The first-order valence-corrected chi connectivity index (χ1v) is 16.4. The quantitative estimate of drug-likeness (QED) is 0.157. The van der Waals surface area contributed by atoms with Crippen molar-refractivity contribution in [1.29, 1.82) is 0 Å². The summed E-state index contributed by atoms with van der Waals surface area (Å²) in [6.07, 6.45) is 0. The number of carbonyl (C=O) groups excluding carboxylic acids is 1. The predicted octanol–water partition coefficient (Wildman–Crippen LogP) is 4.70. The monoisotopic (exact) mass is 618 g/mol. The van der Waals surface area contributed by atoms with E-state index in [4.69, 9.17) is 4.74 Å². The number of fused-ring (bicyclic) bond motifs is 6. The van der Waals surface area contributed by atoms with E-state index in [9.17, 15) is 14.8 Å². The van der Waals surface area contributed by atoms with Crippen LogP contribution in [-0.4, -0.2) is 67.2 Å². The molecule has 4 aromatic carbocycles. The molecular formula is C37H43BN4O4. The molecule has 2 heterocycles. The fourth-order valence-corrected chi connectivity index (χ4v) is 7.26. The maximum atomic E-state index is 14.4. The summed E-state index contributed by atoms with van der Waals surface area (Å²) < 4.78 is 6.79. The van der Waals surface area contributed by atoms with E-state index in [1.807, 2.05) is 35.2 Å². The molecule has 2 aliphatic rings. The van der Waals surface area contributed by atoms with Crippen molar-refractivity contribution >= 4 is 29.9 Å². The predicted molar refractivity (Wildman–Crippen MR) is 185 cm³/mol. The van der Waals surface area contributed by atoms with Crippen LogP contribution in [0.25, 0.3) is 0 Å². The van der Waals surface area contributed by atoms with E-state index in [0.29, 0.717) is 30.7 Å². The lowest BCUT2D eigenvalue weighted by molar-refractivity contribution is 0.0667. The molecule has 0 saturated heterocycles. The van der Waals surface area contributed by atoms with E-state index in [1.54, 1.807) is 12.1 Å². The third-order valence-electron chi connectivity index (χ3n) is 9.55. The van der Waals surface area contributed by atoms with Crippen LogP contribution in [0.5, 0.6) is 11.5 Å². The lowest BCUT2D eigenvalue weighted by Crippen LogP contribution is -2.49. The Labute approximate surface area is 272 Å². The molecule has 1 spiro atoms. The molecule has 0 aliphatic carbocycles. The Morgan fingerprint density at radius 2 is 1.33 bits per heavy atom. The molecule has 2 aliphatic heterocycles. The van der Waals surface area contributed by atoms with Crippen LogP contribution in [-0.2, 0) is 12.1 Å². The van der Waals surface area contributed by atoms with Gasteiger partial charge in [0.05, 0.1) is 0 Å². The summed E-state index contributed by atoms with van der Waals surface area (Å²) in [6, 6.07) is 28.0. The highest BCUT2D eigenvalue weighted by Gasteiger charge is 2.56. The number of ether oxygens (including phenoxy) is 1. The molecule has 0 bridgehead atoms. The van der Waals surface area contributed by atoms with Crippen LogP contribution in [0.2, 0.25) is 0 Å². The molecule has 0 saturated carbocycles. The average molecular weight is 619 g/mol. The average Bonchev–Trinajstić information content (AvgIpc) is 3.32. The molecule has 0 atom stereocenters. The van der Waals surface area contributed by atoms with Crippen LogP contribution < -0.4 is 25.3 Å². The van der Waals surface area contributed by atoms with Gasteiger partial charge in [-0.05, 0) is 62.5 Å².